The number of hydrogen-bond acceptors (Lipinski definition) is 2. The summed E-state index contributed by atoms with van der Waals surface area (Å²) in [5.74, 6) is 0. The smallest absolute Gasteiger partial charge is 0.0468 e. The Morgan fingerprint density at radius 3 is 2.42 bits per heavy atom. The summed E-state index contributed by atoms with van der Waals surface area (Å²) in [6.45, 7) is 4.72. The molecule has 0 amide bonds. The molecule has 0 radical (unpaired) electrons. The highest BCUT2D eigenvalue weighted by molar-refractivity contribution is 6.30. The third-order valence-electron chi connectivity index (χ3n) is 3.34. The number of halogens is 1. The highest BCUT2D eigenvalue weighted by Crippen LogP contribution is 2.31. The lowest BCUT2D eigenvalue weighted by atomic mass is 10.1. The molecule has 0 bridgehead atoms. The van der Waals surface area contributed by atoms with Crippen LogP contribution < -0.4 is 10.6 Å². The van der Waals surface area contributed by atoms with Crippen molar-refractivity contribution in [1.82, 2.24) is 0 Å². The molecule has 0 fully saturated rings. The Morgan fingerprint density at radius 1 is 1.05 bits per heavy atom. The summed E-state index contributed by atoms with van der Waals surface area (Å²) in [7, 11) is 2.04. The van der Waals surface area contributed by atoms with Crippen LogP contribution >= 0.6 is 11.6 Å². The topological polar surface area (TPSA) is 29.3 Å². The first-order chi connectivity index (χ1) is 9.02. The third kappa shape index (κ3) is 2.91. The summed E-state index contributed by atoms with van der Waals surface area (Å²) in [4.78, 5) is 2.14. The molecule has 19 heavy (non-hydrogen) atoms. The molecule has 0 aromatic heterocycles. The minimum absolute atomic E-state index is 0.502. The molecule has 0 saturated carbocycles. The zero-order valence-corrected chi connectivity index (χ0v) is 12.3. The van der Waals surface area contributed by atoms with Crippen molar-refractivity contribution in [1.29, 1.82) is 0 Å². The number of rotatable bonds is 3. The van der Waals surface area contributed by atoms with Crippen LogP contribution in [0.4, 0.5) is 11.4 Å². The maximum Gasteiger partial charge on any atom is 0.0468 e. The largest absolute Gasteiger partial charge is 0.344 e. The molecule has 0 spiro atoms. The van der Waals surface area contributed by atoms with Crippen molar-refractivity contribution < 1.29 is 0 Å². The second kappa shape index (κ2) is 5.64. The summed E-state index contributed by atoms with van der Waals surface area (Å²) in [5, 5.41) is 0.726. The van der Waals surface area contributed by atoms with Crippen molar-refractivity contribution in [3.63, 3.8) is 0 Å². The number of benzene rings is 2. The molecule has 0 unspecified atom stereocenters. The van der Waals surface area contributed by atoms with Crippen LogP contribution in [0.1, 0.15) is 16.7 Å². The van der Waals surface area contributed by atoms with Gasteiger partial charge in [0.1, 0.15) is 0 Å². The molecule has 2 rings (SSSR count). The first-order valence-corrected chi connectivity index (χ1v) is 6.70. The van der Waals surface area contributed by atoms with E-state index in [9.17, 15) is 0 Å². The Bertz CT molecular complexity index is 593. The average molecular weight is 275 g/mol. The van der Waals surface area contributed by atoms with Crippen molar-refractivity contribution in [2.75, 3.05) is 11.9 Å². The predicted molar refractivity (Wildman–Crippen MR) is 83.3 cm³/mol. The van der Waals surface area contributed by atoms with Gasteiger partial charge in [0.05, 0.1) is 0 Å². The van der Waals surface area contributed by atoms with Crippen LogP contribution in [-0.2, 0) is 6.54 Å². The molecule has 100 valence electrons. The number of hydrogen-bond donors (Lipinski definition) is 1. The molecule has 0 aliphatic rings. The van der Waals surface area contributed by atoms with Crippen LogP contribution in [0.2, 0.25) is 5.02 Å². The first-order valence-electron chi connectivity index (χ1n) is 6.32. The van der Waals surface area contributed by atoms with Gasteiger partial charge in [0.25, 0.3) is 0 Å². The van der Waals surface area contributed by atoms with Gasteiger partial charge in [0, 0.05) is 30.0 Å². The molecule has 2 aromatic carbocycles. The Hall–Kier alpha value is -1.51. The van der Waals surface area contributed by atoms with Crippen molar-refractivity contribution in [2.45, 2.75) is 20.4 Å². The van der Waals surface area contributed by atoms with Crippen LogP contribution in [0.3, 0.4) is 0 Å². The fourth-order valence-corrected chi connectivity index (χ4v) is 2.50. The number of nitrogens with two attached hydrogens (primary N) is 1. The maximum absolute atomic E-state index is 6.10. The summed E-state index contributed by atoms with van der Waals surface area (Å²) >= 11 is 6.10. The summed E-state index contributed by atoms with van der Waals surface area (Å²) in [6.07, 6.45) is 0. The SMILES string of the molecule is Cc1ccc(N(C)c2cc(Cl)ccc2CN)c(C)c1. The Labute approximate surface area is 119 Å². The lowest BCUT2D eigenvalue weighted by molar-refractivity contribution is 1.04. The average Bonchev–Trinajstić information content (AvgIpc) is 2.38. The van der Waals surface area contributed by atoms with Gasteiger partial charge < -0.3 is 10.6 Å². The molecule has 3 heteroatoms. The number of aryl methyl sites for hydroxylation is 2. The molecule has 0 aliphatic heterocycles. The Balaban J connectivity index is 2.49. The normalized spacial score (nSPS) is 10.6. The minimum Gasteiger partial charge on any atom is -0.344 e. The van der Waals surface area contributed by atoms with Gasteiger partial charge in [0.15, 0.2) is 0 Å². The molecule has 0 saturated heterocycles. The molecule has 2 nitrogen and oxygen atoms in total. The Morgan fingerprint density at radius 2 is 1.79 bits per heavy atom. The van der Waals surface area contributed by atoms with E-state index in [0.717, 1.165) is 16.3 Å². The van der Waals surface area contributed by atoms with Crippen LogP contribution in [0.15, 0.2) is 36.4 Å². The second-order valence-corrected chi connectivity index (χ2v) is 5.26. The predicted octanol–water partition coefficient (Wildman–Crippen LogP) is 4.18. The fraction of sp³-hybridized carbons (Fsp3) is 0.250. The van der Waals surface area contributed by atoms with E-state index < -0.39 is 0 Å². The number of anilines is 2. The molecular weight excluding hydrogens is 256 g/mol. The quantitative estimate of drug-likeness (QED) is 0.910. The fourth-order valence-electron chi connectivity index (χ4n) is 2.33. The van der Waals surface area contributed by atoms with E-state index >= 15 is 0 Å². The van der Waals surface area contributed by atoms with Gasteiger partial charge in [-0.05, 0) is 43.2 Å². The van der Waals surface area contributed by atoms with Gasteiger partial charge in [-0.1, -0.05) is 35.4 Å². The van der Waals surface area contributed by atoms with Crippen molar-refractivity contribution >= 4 is 23.0 Å². The van der Waals surface area contributed by atoms with Gasteiger partial charge in [0.2, 0.25) is 0 Å². The van der Waals surface area contributed by atoms with Crippen molar-refractivity contribution in [3.05, 3.63) is 58.1 Å². The van der Waals surface area contributed by atoms with Gasteiger partial charge in [-0.25, -0.2) is 0 Å². The van der Waals surface area contributed by atoms with Crippen LogP contribution in [0.25, 0.3) is 0 Å². The molecule has 2 aromatic rings. The highest BCUT2D eigenvalue weighted by atomic mass is 35.5. The van der Waals surface area contributed by atoms with E-state index in [4.69, 9.17) is 17.3 Å². The van der Waals surface area contributed by atoms with Gasteiger partial charge in [-0.2, -0.15) is 0 Å². The number of nitrogens with zero attached hydrogens (tertiary/aromatic N) is 1. The summed E-state index contributed by atoms with van der Waals surface area (Å²) in [5.41, 5.74) is 11.6. The van der Waals surface area contributed by atoms with E-state index in [0.29, 0.717) is 6.54 Å². The third-order valence-corrected chi connectivity index (χ3v) is 3.58. The zero-order chi connectivity index (χ0) is 14.0. The highest BCUT2D eigenvalue weighted by Gasteiger charge is 2.11. The van der Waals surface area contributed by atoms with Crippen molar-refractivity contribution in [2.24, 2.45) is 5.73 Å². The van der Waals surface area contributed by atoms with E-state index in [1.807, 2.05) is 25.2 Å². The Kier molecular flexibility index (Phi) is 4.13. The molecule has 2 N–H and O–H groups in total. The standard InChI is InChI=1S/C16H19ClN2/c1-11-4-7-15(12(2)8-11)19(3)16-9-14(17)6-5-13(16)10-18/h4-9H,10,18H2,1-3H3. The van der Waals surface area contributed by atoms with E-state index in [1.165, 1.54) is 16.8 Å². The van der Waals surface area contributed by atoms with Gasteiger partial charge in [-0.15, -0.1) is 0 Å². The van der Waals surface area contributed by atoms with E-state index in [-0.39, 0.29) is 0 Å². The molecule has 0 aliphatic carbocycles. The van der Waals surface area contributed by atoms with Gasteiger partial charge in [-0.3, -0.25) is 0 Å². The first kappa shape index (κ1) is 13.9. The molecule has 0 heterocycles. The summed E-state index contributed by atoms with van der Waals surface area (Å²) < 4.78 is 0. The van der Waals surface area contributed by atoms with Gasteiger partial charge >= 0.3 is 0 Å². The van der Waals surface area contributed by atoms with E-state index in [2.05, 4.69) is 36.9 Å². The molecule has 0 atom stereocenters. The second-order valence-electron chi connectivity index (χ2n) is 4.83. The van der Waals surface area contributed by atoms with E-state index in [1.54, 1.807) is 0 Å². The van der Waals surface area contributed by atoms with Crippen LogP contribution in [-0.4, -0.2) is 7.05 Å². The van der Waals surface area contributed by atoms with Crippen molar-refractivity contribution in [3.8, 4) is 0 Å². The molecular formula is C16H19ClN2. The minimum atomic E-state index is 0.502. The zero-order valence-electron chi connectivity index (χ0n) is 11.6. The monoisotopic (exact) mass is 274 g/mol. The summed E-state index contributed by atoms with van der Waals surface area (Å²) in [6, 6.07) is 12.2. The lowest BCUT2D eigenvalue weighted by Gasteiger charge is -2.24. The maximum atomic E-state index is 6.10. The lowest BCUT2D eigenvalue weighted by Crippen LogP contribution is -2.14. The van der Waals surface area contributed by atoms with Crippen LogP contribution in [0, 0.1) is 13.8 Å². The van der Waals surface area contributed by atoms with Crippen LogP contribution in [0.5, 0.6) is 0 Å².